The van der Waals surface area contributed by atoms with Crippen LogP contribution in [0, 0.1) is 25.7 Å². The summed E-state index contributed by atoms with van der Waals surface area (Å²) in [7, 11) is 0. The van der Waals surface area contributed by atoms with Crippen LogP contribution in [0.25, 0.3) is 0 Å². The highest BCUT2D eigenvalue weighted by Crippen LogP contribution is 2.28. The van der Waals surface area contributed by atoms with Crippen LogP contribution in [0.3, 0.4) is 0 Å². The molecule has 8 nitrogen and oxygen atoms in total. The minimum absolute atomic E-state index is 0.266. The van der Waals surface area contributed by atoms with Gasteiger partial charge in [-0.05, 0) is 63.8 Å². The normalized spacial score (nSPS) is 17.7. The SMILES string of the molecule is Cc1cccc(C(=O)NNC(=O)C2CCC(C(=O)NNC(=O)c3cccc(C)c3)CC2)c1. The van der Waals surface area contributed by atoms with E-state index in [1.165, 1.54) is 0 Å². The lowest BCUT2D eigenvalue weighted by molar-refractivity contribution is -0.131. The van der Waals surface area contributed by atoms with Crippen LogP contribution >= 0.6 is 0 Å². The first-order valence-electron chi connectivity index (χ1n) is 10.7. The maximum absolute atomic E-state index is 12.4. The highest BCUT2D eigenvalue weighted by molar-refractivity contribution is 5.96. The maximum Gasteiger partial charge on any atom is 0.269 e. The summed E-state index contributed by atoms with van der Waals surface area (Å²) >= 11 is 0. The van der Waals surface area contributed by atoms with Gasteiger partial charge in [0, 0.05) is 23.0 Å². The van der Waals surface area contributed by atoms with Gasteiger partial charge in [-0.1, -0.05) is 35.4 Å². The van der Waals surface area contributed by atoms with Gasteiger partial charge in [-0.3, -0.25) is 40.9 Å². The number of carbonyl (C=O) groups is 4. The molecule has 1 aliphatic carbocycles. The molecule has 2 aromatic carbocycles. The summed E-state index contributed by atoms with van der Waals surface area (Å²) < 4.78 is 0. The van der Waals surface area contributed by atoms with Crippen molar-refractivity contribution in [1.29, 1.82) is 0 Å². The number of benzene rings is 2. The van der Waals surface area contributed by atoms with Crippen LogP contribution < -0.4 is 21.7 Å². The lowest BCUT2D eigenvalue weighted by atomic mass is 9.81. The van der Waals surface area contributed by atoms with E-state index in [4.69, 9.17) is 0 Å². The Bertz CT molecular complexity index is 931. The molecule has 0 spiro atoms. The van der Waals surface area contributed by atoms with E-state index in [0.29, 0.717) is 36.8 Å². The minimum atomic E-state index is -0.375. The number of carbonyl (C=O) groups excluding carboxylic acids is 4. The van der Waals surface area contributed by atoms with Gasteiger partial charge in [-0.2, -0.15) is 0 Å². The summed E-state index contributed by atoms with van der Waals surface area (Å²) in [5.41, 5.74) is 12.7. The van der Waals surface area contributed by atoms with Crippen molar-refractivity contribution in [3.05, 3.63) is 70.8 Å². The Kier molecular flexibility index (Phi) is 7.59. The summed E-state index contributed by atoms with van der Waals surface area (Å²) in [5.74, 6) is -1.84. The van der Waals surface area contributed by atoms with Crippen molar-refractivity contribution in [3.8, 4) is 0 Å². The molecule has 168 valence electrons. The fourth-order valence-corrected chi connectivity index (χ4v) is 3.78. The quantitative estimate of drug-likeness (QED) is 0.551. The van der Waals surface area contributed by atoms with E-state index < -0.39 is 0 Å². The molecule has 0 saturated heterocycles. The van der Waals surface area contributed by atoms with Crippen molar-refractivity contribution in [2.24, 2.45) is 11.8 Å². The first-order chi connectivity index (χ1) is 15.3. The summed E-state index contributed by atoms with van der Waals surface area (Å²) in [6.45, 7) is 3.77. The van der Waals surface area contributed by atoms with E-state index in [1.807, 2.05) is 26.0 Å². The Balaban J connectivity index is 1.40. The zero-order valence-electron chi connectivity index (χ0n) is 18.2. The van der Waals surface area contributed by atoms with Crippen LogP contribution in [-0.4, -0.2) is 23.6 Å². The number of nitrogens with one attached hydrogen (secondary N) is 4. The highest BCUT2D eigenvalue weighted by atomic mass is 16.2. The minimum Gasteiger partial charge on any atom is -0.273 e. The van der Waals surface area contributed by atoms with Crippen LogP contribution in [0.4, 0.5) is 0 Å². The molecule has 4 amide bonds. The summed E-state index contributed by atoms with van der Waals surface area (Å²) in [6.07, 6.45) is 2.10. The molecule has 2 aromatic rings. The fraction of sp³-hybridized carbons (Fsp3) is 0.333. The lowest BCUT2D eigenvalue weighted by Crippen LogP contribution is -2.47. The smallest absolute Gasteiger partial charge is 0.269 e. The second-order valence-corrected chi connectivity index (χ2v) is 8.17. The Morgan fingerprint density at radius 2 is 1.00 bits per heavy atom. The Morgan fingerprint density at radius 1 is 0.625 bits per heavy atom. The van der Waals surface area contributed by atoms with E-state index in [0.717, 1.165) is 11.1 Å². The van der Waals surface area contributed by atoms with Gasteiger partial charge < -0.3 is 0 Å². The molecule has 0 heterocycles. The van der Waals surface area contributed by atoms with Gasteiger partial charge in [0.05, 0.1) is 0 Å². The molecule has 0 aromatic heterocycles. The maximum atomic E-state index is 12.4. The molecule has 1 fully saturated rings. The fourth-order valence-electron chi connectivity index (χ4n) is 3.78. The molecular formula is C24H28N4O4. The number of hydrogen-bond acceptors (Lipinski definition) is 4. The molecule has 32 heavy (non-hydrogen) atoms. The Hall–Kier alpha value is -3.68. The molecule has 0 unspecified atom stereocenters. The predicted molar refractivity (Wildman–Crippen MR) is 119 cm³/mol. The zero-order valence-corrected chi connectivity index (χ0v) is 18.2. The van der Waals surface area contributed by atoms with Crippen molar-refractivity contribution >= 4 is 23.6 Å². The van der Waals surface area contributed by atoms with E-state index in [2.05, 4.69) is 21.7 Å². The number of amides is 4. The molecule has 0 atom stereocenters. The summed E-state index contributed by atoms with van der Waals surface area (Å²) in [5, 5.41) is 0. The average Bonchev–Trinajstić information content (AvgIpc) is 2.80. The van der Waals surface area contributed by atoms with Crippen molar-refractivity contribution in [1.82, 2.24) is 21.7 Å². The second kappa shape index (κ2) is 10.6. The molecule has 8 heteroatoms. The third-order valence-corrected chi connectivity index (χ3v) is 5.63. The third-order valence-electron chi connectivity index (χ3n) is 5.63. The van der Waals surface area contributed by atoms with Gasteiger partial charge in [0.15, 0.2) is 0 Å². The standard InChI is InChI=1S/C24H28N4O4/c1-15-5-3-7-19(13-15)23(31)27-25-21(29)17-9-11-18(12-10-17)22(30)26-28-24(32)20-8-4-6-16(2)14-20/h3-8,13-14,17-18H,9-12H2,1-2H3,(H,25,29)(H,26,30)(H,27,31)(H,28,32). The Morgan fingerprint density at radius 3 is 1.34 bits per heavy atom. The van der Waals surface area contributed by atoms with Gasteiger partial charge in [0.2, 0.25) is 11.8 Å². The molecular weight excluding hydrogens is 408 g/mol. The number of aryl methyl sites for hydroxylation is 2. The second-order valence-electron chi connectivity index (χ2n) is 8.17. The van der Waals surface area contributed by atoms with E-state index >= 15 is 0 Å². The van der Waals surface area contributed by atoms with Gasteiger partial charge in [-0.25, -0.2) is 0 Å². The molecule has 0 aliphatic heterocycles. The van der Waals surface area contributed by atoms with Crippen LogP contribution in [0.15, 0.2) is 48.5 Å². The van der Waals surface area contributed by atoms with Gasteiger partial charge >= 0.3 is 0 Å². The van der Waals surface area contributed by atoms with Gasteiger partial charge in [0.25, 0.3) is 11.8 Å². The summed E-state index contributed by atoms with van der Waals surface area (Å²) in [6, 6.07) is 14.2. The van der Waals surface area contributed by atoms with Crippen molar-refractivity contribution in [3.63, 3.8) is 0 Å². The number of hydrogen-bond donors (Lipinski definition) is 4. The van der Waals surface area contributed by atoms with E-state index in [1.54, 1.807) is 36.4 Å². The van der Waals surface area contributed by atoms with Crippen LogP contribution in [0.1, 0.15) is 57.5 Å². The van der Waals surface area contributed by atoms with E-state index in [-0.39, 0.29) is 35.5 Å². The topological polar surface area (TPSA) is 116 Å². The zero-order chi connectivity index (χ0) is 23.1. The van der Waals surface area contributed by atoms with Crippen LogP contribution in [0.2, 0.25) is 0 Å². The van der Waals surface area contributed by atoms with E-state index in [9.17, 15) is 19.2 Å². The highest BCUT2D eigenvalue weighted by Gasteiger charge is 2.30. The molecule has 4 N–H and O–H groups in total. The number of hydrazine groups is 2. The molecule has 0 radical (unpaired) electrons. The molecule has 1 aliphatic rings. The third kappa shape index (κ3) is 6.16. The van der Waals surface area contributed by atoms with Crippen molar-refractivity contribution in [2.45, 2.75) is 39.5 Å². The first kappa shape index (κ1) is 23.0. The van der Waals surface area contributed by atoms with Gasteiger partial charge in [0.1, 0.15) is 0 Å². The van der Waals surface area contributed by atoms with Crippen LogP contribution in [-0.2, 0) is 9.59 Å². The van der Waals surface area contributed by atoms with Crippen molar-refractivity contribution in [2.75, 3.05) is 0 Å². The van der Waals surface area contributed by atoms with Gasteiger partial charge in [-0.15, -0.1) is 0 Å². The monoisotopic (exact) mass is 436 g/mol. The summed E-state index contributed by atoms with van der Waals surface area (Å²) in [4.78, 5) is 49.1. The molecule has 3 rings (SSSR count). The first-order valence-corrected chi connectivity index (χ1v) is 10.7. The van der Waals surface area contributed by atoms with Crippen LogP contribution in [0.5, 0.6) is 0 Å². The number of rotatable bonds is 4. The lowest BCUT2D eigenvalue weighted by Gasteiger charge is -2.27. The molecule has 0 bridgehead atoms. The average molecular weight is 437 g/mol. The largest absolute Gasteiger partial charge is 0.273 e. The predicted octanol–water partition coefficient (Wildman–Crippen LogP) is 2.33. The van der Waals surface area contributed by atoms with Crippen molar-refractivity contribution < 1.29 is 19.2 Å². The Labute approximate surface area is 187 Å². The molecule has 1 saturated carbocycles.